The highest BCUT2D eigenvalue weighted by Gasteiger charge is 1.92. The summed E-state index contributed by atoms with van der Waals surface area (Å²) < 4.78 is 0. The minimum absolute atomic E-state index is 0.444. The van der Waals surface area contributed by atoms with Crippen LogP contribution >= 0.6 is 15.9 Å². The van der Waals surface area contributed by atoms with Gasteiger partial charge < -0.3 is 5.32 Å². The van der Waals surface area contributed by atoms with Gasteiger partial charge in [-0.15, -0.1) is 0 Å². The van der Waals surface area contributed by atoms with Gasteiger partial charge in [0.2, 0.25) is 0 Å². The lowest BCUT2D eigenvalue weighted by Crippen LogP contribution is -2.02. The number of rotatable bonds is 3. The Labute approximate surface area is 79.6 Å². The number of anilines is 1. The van der Waals surface area contributed by atoms with Crippen LogP contribution in [0, 0.1) is 11.3 Å². The molecule has 0 aliphatic heterocycles. The average Bonchev–Trinajstić information content (AvgIpc) is 2.15. The SMILES string of the molecule is N#Cc1ccc(NCCBr)cn1. The molecule has 4 heteroatoms. The summed E-state index contributed by atoms with van der Waals surface area (Å²) in [5.74, 6) is 0. The first-order valence-corrected chi connectivity index (χ1v) is 4.65. The van der Waals surface area contributed by atoms with Crippen LogP contribution in [0.25, 0.3) is 0 Å². The van der Waals surface area contributed by atoms with Crippen molar-refractivity contribution in [3.63, 3.8) is 0 Å². The van der Waals surface area contributed by atoms with E-state index in [-0.39, 0.29) is 0 Å². The van der Waals surface area contributed by atoms with Gasteiger partial charge in [-0.1, -0.05) is 15.9 Å². The number of aromatic nitrogens is 1. The molecule has 0 atom stereocenters. The smallest absolute Gasteiger partial charge is 0.140 e. The molecule has 1 N–H and O–H groups in total. The van der Waals surface area contributed by atoms with E-state index in [2.05, 4.69) is 26.2 Å². The van der Waals surface area contributed by atoms with E-state index in [1.165, 1.54) is 0 Å². The summed E-state index contributed by atoms with van der Waals surface area (Å²) >= 11 is 3.30. The molecule has 1 rings (SSSR count). The Balaban J connectivity index is 2.60. The van der Waals surface area contributed by atoms with Gasteiger partial charge in [0.25, 0.3) is 0 Å². The fourth-order valence-electron chi connectivity index (χ4n) is 0.756. The maximum atomic E-state index is 8.46. The second-order valence-electron chi connectivity index (χ2n) is 2.16. The second-order valence-corrected chi connectivity index (χ2v) is 2.95. The zero-order valence-electron chi connectivity index (χ0n) is 6.42. The van der Waals surface area contributed by atoms with Crippen molar-refractivity contribution in [2.24, 2.45) is 0 Å². The van der Waals surface area contributed by atoms with Crippen LogP contribution in [0.5, 0.6) is 0 Å². The molecular formula is C8H8BrN3. The predicted molar refractivity (Wildman–Crippen MR) is 51.2 cm³/mol. The quantitative estimate of drug-likeness (QED) is 0.799. The Morgan fingerprint density at radius 3 is 2.92 bits per heavy atom. The van der Waals surface area contributed by atoms with Gasteiger partial charge in [-0.05, 0) is 12.1 Å². The van der Waals surface area contributed by atoms with Crippen molar-refractivity contribution >= 4 is 21.6 Å². The Bertz CT molecular complexity index is 275. The third-order valence-electron chi connectivity index (χ3n) is 1.30. The van der Waals surface area contributed by atoms with Crippen LogP contribution in [0.4, 0.5) is 5.69 Å². The van der Waals surface area contributed by atoms with E-state index in [4.69, 9.17) is 5.26 Å². The average molecular weight is 226 g/mol. The molecule has 0 bridgehead atoms. The number of alkyl halides is 1. The number of halogens is 1. The highest BCUT2D eigenvalue weighted by molar-refractivity contribution is 9.09. The zero-order chi connectivity index (χ0) is 8.81. The molecule has 0 saturated carbocycles. The number of nitrogens with one attached hydrogen (secondary N) is 1. The molecule has 12 heavy (non-hydrogen) atoms. The van der Waals surface area contributed by atoms with Gasteiger partial charge in [-0.25, -0.2) is 4.98 Å². The highest BCUT2D eigenvalue weighted by atomic mass is 79.9. The van der Waals surface area contributed by atoms with E-state index < -0.39 is 0 Å². The summed E-state index contributed by atoms with van der Waals surface area (Å²) in [6.07, 6.45) is 1.65. The van der Waals surface area contributed by atoms with Crippen molar-refractivity contribution in [2.75, 3.05) is 17.2 Å². The first kappa shape index (κ1) is 9.01. The van der Waals surface area contributed by atoms with Crippen LogP contribution in [0.2, 0.25) is 0 Å². The molecule has 0 aromatic carbocycles. The molecule has 0 saturated heterocycles. The molecule has 1 aromatic rings. The zero-order valence-corrected chi connectivity index (χ0v) is 8.00. The number of hydrogen-bond donors (Lipinski definition) is 1. The van der Waals surface area contributed by atoms with Gasteiger partial charge in [-0.3, -0.25) is 0 Å². The van der Waals surface area contributed by atoms with Gasteiger partial charge in [0.15, 0.2) is 0 Å². The van der Waals surface area contributed by atoms with Crippen LogP contribution in [0.1, 0.15) is 5.69 Å². The fraction of sp³-hybridized carbons (Fsp3) is 0.250. The summed E-state index contributed by atoms with van der Waals surface area (Å²) in [5.41, 5.74) is 1.38. The molecule has 3 nitrogen and oxygen atoms in total. The van der Waals surface area contributed by atoms with Crippen LogP contribution in [0.3, 0.4) is 0 Å². The summed E-state index contributed by atoms with van der Waals surface area (Å²) in [7, 11) is 0. The maximum absolute atomic E-state index is 8.46. The monoisotopic (exact) mass is 225 g/mol. The number of nitrogens with zero attached hydrogens (tertiary/aromatic N) is 2. The van der Waals surface area contributed by atoms with Crippen molar-refractivity contribution < 1.29 is 0 Å². The Morgan fingerprint density at radius 1 is 1.58 bits per heavy atom. The largest absolute Gasteiger partial charge is 0.383 e. The van der Waals surface area contributed by atoms with Crippen LogP contribution < -0.4 is 5.32 Å². The normalized spacial score (nSPS) is 9.00. The summed E-state index contributed by atoms with van der Waals surface area (Å²) in [4.78, 5) is 3.91. The molecule has 1 heterocycles. The first-order valence-electron chi connectivity index (χ1n) is 3.53. The Kier molecular flexibility index (Phi) is 3.55. The van der Waals surface area contributed by atoms with E-state index in [1.54, 1.807) is 12.3 Å². The molecule has 0 unspecified atom stereocenters. The minimum atomic E-state index is 0.444. The molecule has 0 fully saturated rings. The van der Waals surface area contributed by atoms with Gasteiger partial charge in [0.05, 0.1) is 11.9 Å². The fourth-order valence-corrected chi connectivity index (χ4v) is 0.954. The van der Waals surface area contributed by atoms with Crippen LogP contribution in [-0.2, 0) is 0 Å². The highest BCUT2D eigenvalue weighted by Crippen LogP contribution is 2.04. The molecule has 0 spiro atoms. The van der Waals surface area contributed by atoms with Crippen molar-refractivity contribution in [1.29, 1.82) is 5.26 Å². The van der Waals surface area contributed by atoms with E-state index >= 15 is 0 Å². The van der Waals surface area contributed by atoms with E-state index in [1.807, 2.05) is 12.1 Å². The Morgan fingerprint density at radius 2 is 2.42 bits per heavy atom. The lowest BCUT2D eigenvalue weighted by atomic mass is 10.3. The maximum Gasteiger partial charge on any atom is 0.140 e. The van der Waals surface area contributed by atoms with Crippen molar-refractivity contribution in [2.45, 2.75) is 0 Å². The van der Waals surface area contributed by atoms with E-state index in [0.29, 0.717) is 5.69 Å². The molecule has 0 aliphatic carbocycles. The first-order chi connectivity index (χ1) is 5.86. The topological polar surface area (TPSA) is 48.7 Å². The second kappa shape index (κ2) is 4.73. The third kappa shape index (κ3) is 2.51. The summed E-state index contributed by atoms with van der Waals surface area (Å²) in [6, 6.07) is 5.49. The lowest BCUT2D eigenvalue weighted by Gasteiger charge is -2.01. The molecule has 62 valence electrons. The summed E-state index contributed by atoms with van der Waals surface area (Å²) in [5, 5.41) is 12.5. The lowest BCUT2D eigenvalue weighted by molar-refractivity contribution is 1.20. The van der Waals surface area contributed by atoms with Gasteiger partial charge >= 0.3 is 0 Å². The number of hydrogen-bond acceptors (Lipinski definition) is 3. The molecule has 0 amide bonds. The van der Waals surface area contributed by atoms with E-state index in [9.17, 15) is 0 Å². The number of nitriles is 1. The van der Waals surface area contributed by atoms with Crippen molar-refractivity contribution in [3.8, 4) is 6.07 Å². The van der Waals surface area contributed by atoms with E-state index in [0.717, 1.165) is 17.6 Å². The third-order valence-corrected chi connectivity index (χ3v) is 1.70. The van der Waals surface area contributed by atoms with Gasteiger partial charge in [-0.2, -0.15) is 5.26 Å². The predicted octanol–water partition coefficient (Wildman–Crippen LogP) is 1.76. The van der Waals surface area contributed by atoms with Gasteiger partial charge in [0, 0.05) is 11.9 Å². The van der Waals surface area contributed by atoms with Crippen LogP contribution in [-0.4, -0.2) is 16.9 Å². The molecule has 0 aliphatic rings. The summed E-state index contributed by atoms with van der Waals surface area (Å²) in [6.45, 7) is 0.855. The Hall–Kier alpha value is -1.08. The number of pyridine rings is 1. The molecule has 1 aromatic heterocycles. The molecular weight excluding hydrogens is 218 g/mol. The van der Waals surface area contributed by atoms with Crippen molar-refractivity contribution in [1.82, 2.24) is 4.98 Å². The van der Waals surface area contributed by atoms with Crippen molar-refractivity contribution in [3.05, 3.63) is 24.0 Å². The van der Waals surface area contributed by atoms with Gasteiger partial charge in [0.1, 0.15) is 11.8 Å². The van der Waals surface area contributed by atoms with Crippen LogP contribution in [0.15, 0.2) is 18.3 Å². The standard InChI is InChI=1S/C8H8BrN3/c9-3-4-11-8-2-1-7(5-10)12-6-8/h1-2,6,11H,3-4H2. The molecule has 0 radical (unpaired) electrons. The minimum Gasteiger partial charge on any atom is -0.383 e.